The zero-order valence-corrected chi connectivity index (χ0v) is 17.8. The lowest BCUT2D eigenvalue weighted by atomic mass is 10.1. The Labute approximate surface area is 174 Å². The van der Waals surface area contributed by atoms with Crippen molar-refractivity contribution in [1.29, 1.82) is 5.26 Å². The number of para-hydroxylation sites is 1. The minimum Gasteiger partial charge on any atom is -0.491 e. The maximum absolute atomic E-state index is 12.4. The van der Waals surface area contributed by atoms with Gasteiger partial charge in [-0.1, -0.05) is 30.7 Å². The van der Waals surface area contributed by atoms with Crippen molar-refractivity contribution in [2.45, 2.75) is 13.3 Å². The minimum atomic E-state index is -0.529. The van der Waals surface area contributed by atoms with Crippen molar-refractivity contribution in [3.05, 3.63) is 61.5 Å². The van der Waals surface area contributed by atoms with Crippen LogP contribution in [0.3, 0.4) is 0 Å². The third-order valence-electron chi connectivity index (χ3n) is 3.27. The molecule has 0 spiro atoms. The van der Waals surface area contributed by atoms with Crippen LogP contribution in [0, 0.1) is 11.3 Å². The number of anilines is 1. The Morgan fingerprint density at radius 2 is 1.96 bits per heavy atom. The summed E-state index contributed by atoms with van der Waals surface area (Å²) < 4.78 is 7.13. The van der Waals surface area contributed by atoms with Crippen LogP contribution in [0.15, 0.2) is 50.9 Å². The second kappa shape index (κ2) is 9.77. The molecule has 7 heteroatoms. The van der Waals surface area contributed by atoms with Crippen molar-refractivity contribution in [2.24, 2.45) is 0 Å². The molecule has 0 fully saturated rings. The fourth-order valence-electron chi connectivity index (χ4n) is 2.07. The van der Waals surface area contributed by atoms with Gasteiger partial charge in [-0.25, -0.2) is 0 Å². The van der Waals surface area contributed by atoms with Gasteiger partial charge in [0.15, 0.2) is 0 Å². The van der Waals surface area contributed by atoms with E-state index in [1.165, 1.54) is 6.08 Å². The van der Waals surface area contributed by atoms with E-state index in [9.17, 15) is 10.1 Å². The van der Waals surface area contributed by atoms with E-state index in [1.807, 2.05) is 13.0 Å². The van der Waals surface area contributed by atoms with Crippen molar-refractivity contribution in [1.82, 2.24) is 0 Å². The summed E-state index contributed by atoms with van der Waals surface area (Å²) in [6.07, 6.45) is 2.40. The Bertz CT molecular complexity index is 868. The molecule has 0 bridgehead atoms. The number of hydrogen-bond donors (Lipinski definition) is 1. The Balaban J connectivity index is 2.27. The van der Waals surface area contributed by atoms with Crippen LogP contribution in [0.25, 0.3) is 6.08 Å². The summed E-state index contributed by atoms with van der Waals surface area (Å²) in [6, 6.07) is 12.3. The van der Waals surface area contributed by atoms with Crippen LogP contribution in [0.2, 0.25) is 5.02 Å². The number of nitriles is 1. The van der Waals surface area contributed by atoms with Crippen molar-refractivity contribution >= 4 is 61.1 Å². The second-order valence-corrected chi connectivity index (χ2v) is 7.38. The van der Waals surface area contributed by atoms with E-state index in [0.717, 1.165) is 15.4 Å². The third-order valence-corrected chi connectivity index (χ3v) is 4.78. The molecule has 26 heavy (non-hydrogen) atoms. The third kappa shape index (κ3) is 5.34. The van der Waals surface area contributed by atoms with Crippen LogP contribution in [-0.4, -0.2) is 12.5 Å². The van der Waals surface area contributed by atoms with Gasteiger partial charge in [0.05, 0.1) is 26.3 Å². The highest BCUT2D eigenvalue weighted by Crippen LogP contribution is 2.35. The number of nitrogens with zero attached hydrogens (tertiary/aromatic N) is 1. The highest BCUT2D eigenvalue weighted by Gasteiger charge is 2.13. The molecule has 0 saturated heterocycles. The molecule has 1 N–H and O–H groups in total. The second-order valence-electron chi connectivity index (χ2n) is 5.27. The summed E-state index contributed by atoms with van der Waals surface area (Å²) in [7, 11) is 0. The first kappa shape index (κ1) is 20.5. The first-order valence-electron chi connectivity index (χ1n) is 7.75. The predicted octanol–water partition coefficient (Wildman–Crippen LogP) is 6.20. The van der Waals surface area contributed by atoms with Crippen molar-refractivity contribution < 1.29 is 9.53 Å². The van der Waals surface area contributed by atoms with Gasteiger partial charge >= 0.3 is 0 Å². The lowest BCUT2D eigenvalue weighted by Gasteiger charge is -2.11. The number of hydrogen-bond acceptors (Lipinski definition) is 3. The highest BCUT2D eigenvalue weighted by atomic mass is 79.9. The standard InChI is InChI=1S/C19H15Br2ClN2O2/c1-2-7-26-18-14(20)9-12(10-15(18)21)8-13(11-23)19(25)24-17-6-4-3-5-16(17)22/h3-6,8-10H,2,7H2,1H3,(H,24,25)/b13-8+. The largest absolute Gasteiger partial charge is 0.491 e. The van der Waals surface area contributed by atoms with Gasteiger partial charge in [-0.05, 0) is 74.2 Å². The predicted molar refractivity (Wildman–Crippen MR) is 111 cm³/mol. The Hall–Kier alpha value is -1.81. The zero-order valence-electron chi connectivity index (χ0n) is 13.9. The van der Waals surface area contributed by atoms with Crippen LogP contribution in [0.1, 0.15) is 18.9 Å². The Morgan fingerprint density at radius 1 is 1.31 bits per heavy atom. The first-order chi connectivity index (χ1) is 12.5. The average Bonchev–Trinajstić information content (AvgIpc) is 2.61. The van der Waals surface area contributed by atoms with E-state index in [0.29, 0.717) is 28.6 Å². The first-order valence-corrected chi connectivity index (χ1v) is 9.72. The molecule has 0 aliphatic rings. The van der Waals surface area contributed by atoms with Crippen LogP contribution in [0.4, 0.5) is 5.69 Å². The topological polar surface area (TPSA) is 62.1 Å². The van der Waals surface area contributed by atoms with E-state index < -0.39 is 5.91 Å². The molecule has 0 unspecified atom stereocenters. The van der Waals surface area contributed by atoms with E-state index in [4.69, 9.17) is 16.3 Å². The summed E-state index contributed by atoms with van der Waals surface area (Å²) in [4.78, 5) is 12.4. The fourth-order valence-corrected chi connectivity index (χ4v) is 3.71. The van der Waals surface area contributed by atoms with E-state index in [-0.39, 0.29) is 5.57 Å². The van der Waals surface area contributed by atoms with Crippen LogP contribution < -0.4 is 10.1 Å². The lowest BCUT2D eigenvalue weighted by Crippen LogP contribution is -2.13. The maximum Gasteiger partial charge on any atom is 0.266 e. The quantitative estimate of drug-likeness (QED) is 0.381. The average molecular weight is 499 g/mol. The molecule has 2 aromatic carbocycles. The van der Waals surface area contributed by atoms with Crippen molar-refractivity contribution in [3.8, 4) is 11.8 Å². The van der Waals surface area contributed by atoms with E-state index in [1.54, 1.807) is 36.4 Å². The molecular formula is C19H15Br2ClN2O2. The van der Waals surface area contributed by atoms with E-state index in [2.05, 4.69) is 37.2 Å². The smallest absolute Gasteiger partial charge is 0.266 e. The number of halogens is 3. The number of ether oxygens (including phenoxy) is 1. The molecular weight excluding hydrogens is 483 g/mol. The molecule has 1 amide bonds. The number of amides is 1. The van der Waals surface area contributed by atoms with Gasteiger partial charge in [-0.3, -0.25) is 4.79 Å². The van der Waals surface area contributed by atoms with Crippen LogP contribution in [-0.2, 0) is 4.79 Å². The molecule has 0 aliphatic heterocycles. The van der Waals surface area contributed by atoms with Gasteiger partial charge in [0.1, 0.15) is 17.4 Å². The van der Waals surface area contributed by atoms with Crippen LogP contribution in [0.5, 0.6) is 5.75 Å². The zero-order chi connectivity index (χ0) is 19.1. The van der Waals surface area contributed by atoms with Crippen molar-refractivity contribution in [2.75, 3.05) is 11.9 Å². The number of benzene rings is 2. The minimum absolute atomic E-state index is 0.0362. The summed E-state index contributed by atoms with van der Waals surface area (Å²) in [5.74, 6) is 0.155. The molecule has 0 aliphatic carbocycles. The van der Waals surface area contributed by atoms with Gasteiger partial charge in [-0.15, -0.1) is 0 Å². The van der Waals surface area contributed by atoms with E-state index >= 15 is 0 Å². The van der Waals surface area contributed by atoms with Crippen LogP contribution >= 0.6 is 43.5 Å². The number of carbonyl (C=O) groups is 1. The summed E-state index contributed by atoms with van der Waals surface area (Å²) in [5, 5.41) is 12.4. The molecule has 2 aromatic rings. The molecule has 134 valence electrons. The van der Waals surface area contributed by atoms with Gasteiger partial charge in [0.2, 0.25) is 0 Å². The summed E-state index contributed by atoms with van der Waals surface area (Å²) >= 11 is 12.9. The number of carbonyl (C=O) groups excluding carboxylic acids is 1. The Morgan fingerprint density at radius 3 is 2.54 bits per heavy atom. The molecule has 0 heterocycles. The maximum atomic E-state index is 12.4. The molecule has 0 saturated carbocycles. The van der Waals surface area contributed by atoms with Gasteiger partial charge < -0.3 is 10.1 Å². The SMILES string of the molecule is CCCOc1c(Br)cc(/C=C(\C#N)C(=O)Nc2ccccc2Cl)cc1Br. The van der Waals surface area contributed by atoms with Crippen molar-refractivity contribution in [3.63, 3.8) is 0 Å². The highest BCUT2D eigenvalue weighted by molar-refractivity contribution is 9.11. The molecule has 0 aromatic heterocycles. The Kier molecular flexibility index (Phi) is 7.70. The van der Waals surface area contributed by atoms with Gasteiger partial charge in [0.25, 0.3) is 5.91 Å². The fraction of sp³-hybridized carbons (Fsp3) is 0.158. The normalized spacial score (nSPS) is 11.0. The van der Waals surface area contributed by atoms with Gasteiger partial charge in [0, 0.05) is 0 Å². The molecule has 0 atom stereocenters. The number of rotatable bonds is 6. The van der Waals surface area contributed by atoms with Gasteiger partial charge in [-0.2, -0.15) is 5.26 Å². The summed E-state index contributed by atoms with van der Waals surface area (Å²) in [6.45, 7) is 2.62. The molecule has 2 rings (SSSR count). The lowest BCUT2D eigenvalue weighted by molar-refractivity contribution is -0.112. The monoisotopic (exact) mass is 496 g/mol. The molecule has 4 nitrogen and oxygen atoms in total. The number of nitrogens with one attached hydrogen (secondary N) is 1. The summed E-state index contributed by atoms with van der Waals surface area (Å²) in [5.41, 5.74) is 1.09. The molecule has 0 radical (unpaired) electrons.